The maximum Gasteiger partial charge on any atom is 0.0352 e. The lowest BCUT2D eigenvalue weighted by atomic mass is 9.92. The largest absolute Gasteiger partial charge is 0.264 e. The number of pyridine rings is 1. The number of nitrogens with zero attached hydrogens (tertiary/aromatic N) is 1. The van der Waals surface area contributed by atoms with Gasteiger partial charge in [0, 0.05) is 17.8 Å². The van der Waals surface area contributed by atoms with Gasteiger partial charge in [0.1, 0.15) is 0 Å². The van der Waals surface area contributed by atoms with E-state index in [1.165, 1.54) is 76.8 Å². The molecule has 1 heteroatoms. The molecule has 0 atom stereocenters. The van der Waals surface area contributed by atoms with Gasteiger partial charge in [-0.3, -0.25) is 4.98 Å². The molecular weight excluding hydrogens is 446 g/mol. The zero-order valence-electron chi connectivity index (χ0n) is 20.3. The van der Waals surface area contributed by atoms with Crippen LogP contribution in [-0.2, 0) is 6.42 Å². The lowest BCUT2D eigenvalue weighted by molar-refractivity contribution is 1.26. The fourth-order valence-corrected chi connectivity index (χ4v) is 6.16. The number of aromatic nitrogens is 1. The minimum atomic E-state index is 1.03. The molecule has 1 aliphatic rings. The van der Waals surface area contributed by atoms with E-state index >= 15 is 0 Å². The Kier molecular flexibility index (Phi) is 4.35. The second-order valence-electron chi connectivity index (χ2n) is 10.0. The molecule has 1 aliphatic carbocycles. The van der Waals surface area contributed by atoms with Gasteiger partial charge in [-0.25, -0.2) is 0 Å². The minimum absolute atomic E-state index is 1.03. The maximum atomic E-state index is 4.41. The van der Waals surface area contributed by atoms with Crippen molar-refractivity contribution in [3.05, 3.63) is 139 Å². The van der Waals surface area contributed by atoms with E-state index in [9.17, 15) is 0 Å². The van der Waals surface area contributed by atoms with E-state index in [4.69, 9.17) is 0 Å². The summed E-state index contributed by atoms with van der Waals surface area (Å²) in [5.41, 5.74) is 10.6. The van der Waals surface area contributed by atoms with Crippen molar-refractivity contribution in [2.24, 2.45) is 0 Å². The van der Waals surface area contributed by atoms with Crippen molar-refractivity contribution in [3.63, 3.8) is 0 Å². The van der Waals surface area contributed by atoms with Gasteiger partial charge in [-0.15, -0.1) is 0 Å². The SMILES string of the molecule is c1cc(-c2ccc3c(c2)-c2ccccc2C3)cc(-c2ccc3c4ccncc4c4ccccc4c3c2)c1. The van der Waals surface area contributed by atoms with E-state index < -0.39 is 0 Å². The van der Waals surface area contributed by atoms with E-state index in [0.717, 1.165) is 6.42 Å². The summed E-state index contributed by atoms with van der Waals surface area (Å²) >= 11 is 0. The first-order valence-electron chi connectivity index (χ1n) is 12.8. The maximum absolute atomic E-state index is 4.41. The van der Waals surface area contributed by atoms with Crippen molar-refractivity contribution in [1.82, 2.24) is 4.98 Å². The Morgan fingerprint density at radius 2 is 1.05 bits per heavy atom. The van der Waals surface area contributed by atoms with Crippen LogP contribution < -0.4 is 0 Å². The van der Waals surface area contributed by atoms with Gasteiger partial charge in [-0.05, 0) is 102 Å². The van der Waals surface area contributed by atoms with E-state index in [1.807, 2.05) is 12.4 Å². The van der Waals surface area contributed by atoms with Gasteiger partial charge in [0.25, 0.3) is 0 Å². The van der Waals surface area contributed by atoms with E-state index in [1.54, 1.807) is 0 Å². The van der Waals surface area contributed by atoms with Crippen LogP contribution in [0, 0.1) is 0 Å². The van der Waals surface area contributed by atoms with Gasteiger partial charge in [-0.1, -0.05) is 91.0 Å². The van der Waals surface area contributed by atoms with Crippen molar-refractivity contribution in [2.45, 2.75) is 6.42 Å². The van der Waals surface area contributed by atoms with Crippen LogP contribution >= 0.6 is 0 Å². The molecule has 0 N–H and O–H groups in total. The van der Waals surface area contributed by atoms with Gasteiger partial charge < -0.3 is 0 Å². The van der Waals surface area contributed by atoms with E-state index in [0.29, 0.717) is 0 Å². The second-order valence-corrected chi connectivity index (χ2v) is 10.0. The molecule has 1 aromatic heterocycles. The van der Waals surface area contributed by atoms with Gasteiger partial charge in [0.2, 0.25) is 0 Å². The third kappa shape index (κ3) is 3.14. The molecule has 0 saturated heterocycles. The fourth-order valence-electron chi connectivity index (χ4n) is 6.16. The van der Waals surface area contributed by atoms with Crippen molar-refractivity contribution >= 4 is 32.3 Å². The van der Waals surface area contributed by atoms with Crippen LogP contribution in [0.15, 0.2) is 128 Å². The van der Waals surface area contributed by atoms with Crippen molar-refractivity contribution < 1.29 is 0 Å². The summed E-state index contributed by atoms with van der Waals surface area (Å²) < 4.78 is 0. The first-order chi connectivity index (χ1) is 18.3. The molecule has 8 rings (SSSR count). The van der Waals surface area contributed by atoms with Crippen LogP contribution in [0.3, 0.4) is 0 Å². The summed E-state index contributed by atoms with van der Waals surface area (Å²) in [5.74, 6) is 0. The van der Waals surface area contributed by atoms with Gasteiger partial charge >= 0.3 is 0 Å². The summed E-state index contributed by atoms with van der Waals surface area (Å²) in [5, 5.41) is 7.54. The highest BCUT2D eigenvalue weighted by Gasteiger charge is 2.18. The van der Waals surface area contributed by atoms with Crippen LogP contribution in [-0.4, -0.2) is 4.98 Å². The van der Waals surface area contributed by atoms with E-state index in [2.05, 4.69) is 120 Å². The average Bonchev–Trinajstić information content (AvgIpc) is 3.35. The minimum Gasteiger partial charge on any atom is -0.264 e. The molecule has 0 spiro atoms. The molecule has 0 bridgehead atoms. The fraction of sp³-hybridized carbons (Fsp3) is 0.0278. The van der Waals surface area contributed by atoms with Gasteiger partial charge in [0.05, 0.1) is 0 Å². The molecule has 1 nitrogen and oxygen atoms in total. The second kappa shape index (κ2) is 7.88. The number of hydrogen-bond donors (Lipinski definition) is 0. The van der Waals surface area contributed by atoms with Crippen LogP contribution in [0.5, 0.6) is 0 Å². The number of hydrogen-bond acceptors (Lipinski definition) is 1. The van der Waals surface area contributed by atoms with E-state index in [-0.39, 0.29) is 0 Å². The molecule has 0 radical (unpaired) electrons. The quantitative estimate of drug-likeness (QED) is 0.230. The van der Waals surface area contributed by atoms with Crippen LogP contribution in [0.25, 0.3) is 65.7 Å². The zero-order valence-corrected chi connectivity index (χ0v) is 20.3. The van der Waals surface area contributed by atoms with Crippen LogP contribution in [0.1, 0.15) is 11.1 Å². The predicted octanol–water partition coefficient (Wildman–Crippen LogP) is 9.45. The molecule has 0 saturated carbocycles. The first kappa shape index (κ1) is 20.4. The predicted molar refractivity (Wildman–Crippen MR) is 156 cm³/mol. The Bertz CT molecular complexity index is 1980. The molecule has 172 valence electrons. The number of fused-ring (bicyclic) bond motifs is 9. The van der Waals surface area contributed by atoms with Crippen LogP contribution in [0.2, 0.25) is 0 Å². The lowest BCUT2D eigenvalue weighted by Crippen LogP contribution is -1.87. The highest BCUT2D eigenvalue weighted by molar-refractivity contribution is 6.25. The Balaban J connectivity index is 1.28. The average molecular weight is 470 g/mol. The summed E-state index contributed by atoms with van der Waals surface area (Å²) in [6.07, 6.45) is 4.91. The van der Waals surface area contributed by atoms with Crippen LogP contribution in [0.4, 0.5) is 0 Å². The molecule has 0 unspecified atom stereocenters. The molecule has 0 fully saturated rings. The lowest BCUT2D eigenvalue weighted by Gasteiger charge is -2.12. The Labute approximate surface area is 215 Å². The summed E-state index contributed by atoms with van der Waals surface area (Å²) in [4.78, 5) is 4.41. The monoisotopic (exact) mass is 469 g/mol. The molecule has 7 aromatic rings. The summed E-state index contributed by atoms with van der Waals surface area (Å²) in [6.45, 7) is 0. The molecule has 0 amide bonds. The summed E-state index contributed by atoms with van der Waals surface area (Å²) in [6, 6.07) is 42.4. The van der Waals surface area contributed by atoms with Gasteiger partial charge in [-0.2, -0.15) is 0 Å². The highest BCUT2D eigenvalue weighted by atomic mass is 14.6. The van der Waals surface area contributed by atoms with Crippen molar-refractivity contribution in [2.75, 3.05) is 0 Å². The first-order valence-corrected chi connectivity index (χ1v) is 12.8. The third-order valence-electron chi connectivity index (χ3n) is 7.97. The standard InChI is InChI=1S/C36H23N/c1-2-9-29-27(6-1)19-28-13-12-25(20-34(28)29)23-7-5-8-24(18-23)26-14-15-32-33-16-17-37-22-36(33)31-11-4-3-10-30(31)35(32)21-26/h1-18,20-22H,19H2. The smallest absolute Gasteiger partial charge is 0.0352 e. The zero-order chi connectivity index (χ0) is 24.3. The van der Waals surface area contributed by atoms with Gasteiger partial charge in [0.15, 0.2) is 0 Å². The third-order valence-corrected chi connectivity index (χ3v) is 7.97. The highest BCUT2D eigenvalue weighted by Crippen LogP contribution is 2.40. The Morgan fingerprint density at radius 3 is 1.95 bits per heavy atom. The Hall–Kier alpha value is -4.75. The molecule has 1 heterocycles. The number of rotatable bonds is 2. The number of benzene rings is 6. The topological polar surface area (TPSA) is 12.9 Å². The molecule has 0 aliphatic heterocycles. The van der Waals surface area contributed by atoms with Crippen molar-refractivity contribution in [1.29, 1.82) is 0 Å². The van der Waals surface area contributed by atoms with Crippen molar-refractivity contribution in [3.8, 4) is 33.4 Å². The normalized spacial score (nSPS) is 12.2. The Morgan fingerprint density at radius 1 is 0.405 bits per heavy atom. The molecular formula is C36H23N. The summed E-state index contributed by atoms with van der Waals surface area (Å²) in [7, 11) is 0. The molecule has 37 heavy (non-hydrogen) atoms. The molecule has 6 aromatic carbocycles.